The lowest BCUT2D eigenvalue weighted by Gasteiger charge is -2.11. The zero-order valence-electron chi connectivity index (χ0n) is 10.1. The maximum absolute atomic E-state index is 11.3. The first-order valence-corrected chi connectivity index (χ1v) is 5.59. The number of aliphatic hydroxyl groups is 1. The molecule has 7 nitrogen and oxygen atoms in total. The van der Waals surface area contributed by atoms with Crippen LogP contribution in [-0.4, -0.2) is 42.3 Å². The molecule has 7 heteroatoms. The van der Waals surface area contributed by atoms with Gasteiger partial charge in [-0.05, 0) is 19.8 Å². The van der Waals surface area contributed by atoms with Crippen LogP contribution in [0.4, 0.5) is 0 Å². The van der Waals surface area contributed by atoms with E-state index in [9.17, 15) is 4.79 Å². The minimum absolute atomic E-state index is 0.0260. The molecule has 0 spiro atoms. The summed E-state index contributed by atoms with van der Waals surface area (Å²) in [4.78, 5) is 15.1. The quantitative estimate of drug-likeness (QED) is 0.181. The molecule has 0 aliphatic rings. The summed E-state index contributed by atoms with van der Waals surface area (Å²) >= 11 is 0. The highest BCUT2D eigenvalue weighted by molar-refractivity contribution is 5.76. The molecule has 0 saturated carbocycles. The summed E-state index contributed by atoms with van der Waals surface area (Å²) in [5.74, 6) is -0.437. The average Bonchev–Trinajstić information content (AvgIpc) is 2.23. The van der Waals surface area contributed by atoms with E-state index in [0.717, 1.165) is 0 Å². The molecule has 0 aromatic rings. The fourth-order valence-electron chi connectivity index (χ4n) is 1.07. The molecule has 0 fully saturated rings. The third-order valence-corrected chi connectivity index (χ3v) is 2.05. The van der Waals surface area contributed by atoms with Crippen LogP contribution in [0, 0.1) is 0 Å². The third kappa shape index (κ3) is 9.58. The molecule has 2 atom stereocenters. The number of ether oxygens (including phenoxy) is 1. The van der Waals surface area contributed by atoms with Crippen LogP contribution < -0.4 is 17.2 Å². The lowest BCUT2D eigenvalue weighted by Crippen LogP contribution is -2.33. The maximum atomic E-state index is 11.3. The van der Waals surface area contributed by atoms with Gasteiger partial charge < -0.3 is 27.0 Å². The summed E-state index contributed by atoms with van der Waals surface area (Å²) in [6.45, 7) is 2.25. The number of hydrogen-bond donors (Lipinski definition) is 4. The summed E-state index contributed by atoms with van der Waals surface area (Å²) < 4.78 is 4.88. The van der Waals surface area contributed by atoms with E-state index in [-0.39, 0.29) is 12.6 Å². The van der Waals surface area contributed by atoms with Crippen LogP contribution in [0.3, 0.4) is 0 Å². The predicted molar refractivity (Wildman–Crippen MR) is 65.1 cm³/mol. The van der Waals surface area contributed by atoms with Crippen molar-refractivity contribution < 1.29 is 14.6 Å². The van der Waals surface area contributed by atoms with Gasteiger partial charge in [0.2, 0.25) is 0 Å². The van der Waals surface area contributed by atoms with Gasteiger partial charge in [-0.1, -0.05) is 0 Å². The second-order valence-corrected chi connectivity index (χ2v) is 3.86. The zero-order valence-corrected chi connectivity index (χ0v) is 10.1. The number of nitrogens with zero attached hydrogens (tertiary/aromatic N) is 1. The van der Waals surface area contributed by atoms with Crippen molar-refractivity contribution >= 4 is 11.9 Å². The lowest BCUT2D eigenvalue weighted by molar-refractivity contribution is -0.145. The highest BCUT2D eigenvalue weighted by Gasteiger charge is 2.14. The zero-order chi connectivity index (χ0) is 13.3. The van der Waals surface area contributed by atoms with Gasteiger partial charge >= 0.3 is 5.97 Å². The highest BCUT2D eigenvalue weighted by Crippen LogP contribution is 1.99. The lowest BCUT2D eigenvalue weighted by atomic mass is 10.2. The molecule has 0 aromatic heterocycles. The number of guanidine groups is 1. The van der Waals surface area contributed by atoms with Crippen molar-refractivity contribution in [3.63, 3.8) is 0 Å². The van der Waals surface area contributed by atoms with Gasteiger partial charge in [0, 0.05) is 13.0 Å². The minimum Gasteiger partial charge on any atom is -0.464 e. The van der Waals surface area contributed by atoms with E-state index in [1.165, 1.54) is 0 Å². The topological polar surface area (TPSA) is 137 Å². The summed E-state index contributed by atoms with van der Waals surface area (Å²) in [7, 11) is 0. The Bertz CT molecular complexity index is 252. The summed E-state index contributed by atoms with van der Waals surface area (Å²) in [5, 5.41) is 8.97. The number of aliphatic hydroxyl groups excluding tert-OH is 1. The smallest absolute Gasteiger partial charge is 0.322 e. The van der Waals surface area contributed by atoms with E-state index in [1.807, 2.05) is 0 Å². The molecule has 0 radical (unpaired) electrons. The number of rotatable bonds is 8. The van der Waals surface area contributed by atoms with Gasteiger partial charge in [0.15, 0.2) is 5.96 Å². The largest absolute Gasteiger partial charge is 0.464 e. The van der Waals surface area contributed by atoms with Crippen LogP contribution in [0.2, 0.25) is 0 Å². The second kappa shape index (κ2) is 8.77. The number of carbonyl (C=O) groups excluding carboxylic acids is 1. The van der Waals surface area contributed by atoms with E-state index in [4.69, 9.17) is 27.0 Å². The van der Waals surface area contributed by atoms with Crippen molar-refractivity contribution in [2.45, 2.75) is 38.3 Å². The van der Waals surface area contributed by atoms with Gasteiger partial charge in [0.05, 0.1) is 12.7 Å². The Morgan fingerprint density at radius 2 is 2.06 bits per heavy atom. The summed E-state index contributed by atoms with van der Waals surface area (Å²) in [5.41, 5.74) is 15.9. The van der Waals surface area contributed by atoms with E-state index < -0.39 is 18.1 Å². The fraction of sp³-hybridized carbons (Fsp3) is 0.800. The Kier molecular flexibility index (Phi) is 8.08. The molecule has 0 amide bonds. The van der Waals surface area contributed by atoms with E-state index in [0.29, 0.717) is 25.8 Å². The maximum Gasteiger partial charge on any atom is 0.322 e. The molecule has 0 heterocycles. The first-order valence-electron chi connectivity index (χ1n) is 5.59. The normalized spacial score (nSPS) is 13.8. The van der Waals surface area contributed by atoms with E-state index in [1.54, 1.807) is 6.92 Å². The molecule has 7 N–H and O–H groups in total. The van der Waals surface area contributed by atoms with Crippen molar-refractivity contribution in [2.75, 3.05) is 13.2 Å². The first kappa shape index (κ1) is 15.7. The van der Waals surface area contributed by atoms with Crippen molar-refractivity contribution in [2.24, 2.45) is 22.2 Å². The molecule has 0 saturated heterocycles. The third-order valence-electron chi connectivity index (χ3n) is 2.05. The molecule has 0 aliphatic heterocycles. The molecule has 0 rings (SSSR count). The van der Waals surface area contributed by atoms with E-state index >= 15 is 0 Å². The number of aliphatic imine (C=N–C) groups is 1. The van der Waals surface area contributed by atoms with Gasteiger partial charge in [0.1, 0.15) is 6.04 Å². The van der Waals surface area contributed by atoms with Crippen LogP contribution in [0.1, 0.15) is 26.2 Å². The Morgan fingerprint density at radius 1 is 1.41 bits per heavy atom. The second-order valence-electron chi connectivity index (χ2n) is 3.86. The molecule has 0 aromatic carbocycles. The Balaban J connectivity index is 3.64. The first-order chi connectivity index (χ1) is 7.93. The van der Waals surface area contributed by atoms with Crippen molar-refractivity contribution in [1.82, 2.24) is 0 Å². The van der Waals surface area contributed by atoms with Gasteiger partial charge in [-0.25, -0.2) is 0 Å². The van der Waals surface area contributed by atoms with E-state index in [2.05, 4.69) is 4.99 Å². The Labute approximate surface area is 101 Å². The molecule has 0 aliphatic carbocycles. The van der Waals surface area contributed by atoms with Gasteiger partial charge in [0.25, 0.3) is 0 Å². The van der Waals surface area contributed by atoms with Crippen LogP contribution in [0.25, 0.3) is 0 Å². The average molecular weight is 246 g/mol. The van der Waals surface area contributed by atoms with Crippen molar-refractivity contribution in [3.8, 4) is 0 Å². The molecular formula is C10H22N4O3. The predicted octanol–water partition coefficient (Wildman–Crippen LogP) is -1.32. The van der Waals surface area contributed by atoms with Gasteiger partial charge in [-0.15, -0.1) is 0 Å². The van der Waals surface area contributed by atoms with Crippen LogP contribution >= 0.6 is 0 Å². The monoisotopic (exact) mass is 246 g/mol. The van der Waals surface area contributed by atoms with Gasteiger partial charge in [-0.2, -0.15) is 0 Å². The molecular weight excluding hydrogens is 224 g/mol. The highest BCUT2D eigenvalue weighted by atomic mass is 16.5. The van der Waals surface area contributed by atoms with Crippen molar-refractivity contribution in [3.05, 3.63) is 0 Å². The molecule has 100 valence electrons. The van der Waals surface area contributed by atoms with Gasteiger partial charge in [-0.3, -0.25) is 9.79 Å². The van der Waals surface area contributed by atoms with Crippen LogP contribution in [0.15, 0.2) is 4.99 Å². The standard InChI is InChI=1S/C10H22N4O3/c1-7(15)4-6-17-9(16)8(11)3-2-5-14-10(12)13/h7-8,15H,2-6,11H2,1H3,(H4,12,13,14)/t7?,8-/m0/s1. The fourth-order valence-corrected chi connectivity index (χ4v) is 1.07. The van der Waals surface area contributed by atoms with Crippen molar-refractivity contribution in [1.29, 1.82) is 0 Å². The SMILES string of the molecule is CC(O)CCOC(=O)[C@@H](N)CCCN=C(N)N. The number of esters is 1. The number of nitrogens with two attached hydrogens (primary N) is 3. The number of hydrogen-bond acceptors (Lipinski definition) is 5. The molecule has 0 bridgehead atoms. The summed E-state index contributed by atoms with van der Waals surface area (Å²) in [6.07, 6.45) is 1.00. The molecule has 17 heavy (non-hydrogen) atoms. The summed E-state index contributed by atoms with van der Waals surface area (Å²) in [6, 6.07) is -0.668. The van der Waals surface area contributed by atoms with Crippen LogP contribution in [0.5, 0.6) is 0 Å². The van der Waals surface area contributed by atoms with Crippen LogP contribution in [-0.2, 0) is 9.53 Å². The minimum atomic E-state index is -0.668. The molecule has 1 unspecified atom stereocenters. The number of carbonyl (C=O) groups is 1. The Hall–Kier alpha value is -1.34. The Morgan fingerprint density at radius 3 is 2.59 bits per heavy atom.